The topological polar surface area (TPSA) is 28.0 Å². The van der Waals surface area contributed by atoms with E-state index >= 15 is 0 Å². The molecule has 0 aliphatic carbocycles. The lowest BCUT2D eigenvalue weighted by Gasteiger charge is -2.31. The molecule has 0 saturated heterocycles. The highest BCUT2D eigenvalue weighted by Crippen LogP contribution is 2.29. The highest BCUT2D eigenvalue weighted by Gasteiger charge is 2.24. The molecular formula is C12H17N3. The number of hydrogen-bond donors (Lipinski definition) is 0. The van der Waals surface area contributed by atoms with Gasteiger partial charge in [-0.15, -0.1) is 0 Å². The molecule has 0 amide bonds. The van der Waals surface area contributed by atoms with Gasteiger partial charge in [-0.1, -0.05) is 20.8 Å². The highest BCUT2D eigenvalue weighted by atomic mass is 15.2. The summed E-state index contributed by atoms with van der Waals surface area (Å²) < 4.78 is 0. The van der Waals surface area contributed by atoms with Gasteiger partial charge in [0, 0.05) is 30.2 Å². The Balaban J connectivity index is 2.29. The molecule has 1 unspecified atom stereocenters. The number of allylic oxidation sites excluding steroid dienone is 2. The van der Waals surface area contributed by atoms with E-state index in [1.54, 1.807) is 0 Å². The van der Waals surface area contributed by atoms with E-state index in [2.05, 4.69) is 55.0 Å². The van der Waals surface area contributed by atoms with Gasteiger partial charge in [-0.25, -0.2) is 0 Å². The summed E-state index contributed by atoms with van der Waals surface area (Å²) in [5, 5.41) is 0. The molecule has 3 heteroatoms. The smallest absolute Gasteiger partial charge is 0.160 e. The van der Waals surface area contributed by atoms with Gasteiger partial charge in [0.1, 0.15) is 0 Å². The zero-order valence-corrected chi connectivity index (χ0v) is 9.73. The van der Waals surface area contributed by atoms with E-state index in [9.17, 15) is 0 Å². The lowest BCUT2D eigenvalue weighted by molar-refractivity contribution is 0.412. The van der Waals surface area contributed by atoms with E-state index in [4.69, 9.17) is 0 Å². The Hall–Kier alpha value is -1.38. The van der Waals surface area contributed by atoms with Crippen LogP contribution in [0.15, 0.2) is 33.7 Å². The summed E-state index contributed by atoms with van der Waals surface area (Å²) in [4.78, 5) is 11.0. The van der Waals surface area contributed by atoms with E-state index in [0.29, 0.717) is 0 Å². The van der Waals surface area contributed by atoms with E-state index in [1.165, 1.54) is 5.57 Å². The maximum Gasteiger partial charge on any atom is 0.160 e. The predicted molar refractivity (Wildman–Crippen MR) is 63.9 cm³/mol. The second kappa shape index (κ2) is 3.33. The number of aliphatic imine (C=N–C) groups is 2. The van der Waals surface area contributed by atoms with Crippen molar-refractivity contribution in [2.75, 3.05) is 0 Å². The van der Waals surface area contributed by atoms with Gasteiger partial charge < -0.3 is 4.90 Å². The van der Waals surface area contributed by atoms with E-state index in [0.717, 1.165) is 5.70 Å². The van der Waals surface area contributed by atoms with E-state index in [-0.39, 0.29) is 11.6 Å². The van der Waals surface area contributed by atoms with Crippen molar-refractivity contribution in [2.24, 2.45) is 15.4 Å². The first kappa shape index (κ1) is 10.1. The molecule has 80 valence electrons. The minimum Gasteiger partial charge on any atom is -0.325 e. The minimum absolute atomic E-state index is 0.0554. The first-order valence-corrected chi connectivity index (χ1v) is 5.22. The number of hydrogen-bond acceptors (Lipinski definition) is 3. The van der Waals surface area contributed by atoms with Gasteiger partial charge in [0.15, 0.2) is 6.17 Å². The molecule has 2 heterocycles. The van der Waals surface area contributed by atoms with Crippen LogP contribution in [-0.4, -0.2) is 23.5 Å². The monoisotopic (exact) mass is 203 g/mol. The van der Waals surface area contributed by atoms with Crippen LogP contribution in [0, 0.1) is 5.41 Å². The Labute approximate surface area is 90.9 Å². The van der Waals surface area contributed by atoms with Crippen molar-refractivity contribution in [3.05, 3.63) is 23.7 Å². The van der Waals surface area contributed by atoms with Crippen LogP contribution in [0.3, 0.4) is 0 Å². The summed E-state index contributed by atoms with van der Waals surface area (Å²) in [6.07, 6.45) is 8.04. The lowest BCUT2D eigenvalue weighted by Crippen LogP contribution is -2.33. The summed E-state index contributed by atoms with van der Waals surface area (Å²) in [7, 11) is 0. The number of fused-ring (bicyclic) bond motifs is 1. The number of nitrogens with zero attached hydrogens (tertiary/aromatic N) is 3. The van der Waals surface area contributed by atoms with Crippen molar-refractivity contribution >= 4 is 12.4 Å². The second-order valence-corrected chi connectivity index (χ2v) is 5.05. The fourth-order valence-corrected chi connectivity index (χ4v) is 1.55. The van der Waals surface area contributed by atoms with Crippen LogP contribution >= 0.6 is 0 Å². The molecule has 2 rings (SSSR count). The Bertz CT molecular complexity index is 380. The van der Waals surface area contributed by atoms with Crippen molar-refractivity contribution in [3.63, 3.8) is 0 Å². The quantitative estimate of drug-likeness (QED) is 0.594. The van der Waals surface area contributed by atoms with Crippen molar-refractivity contribution in [3.8, 4) is 0 Å². The van der Waals surface area contributed by atoms with Crippen molar-refractivity contribution in [1.82, 2.24) is 4.90 Å². The molecule has 0 bridgehead atoms. The SMILES string of the molecule is CC1=CN2C=C(C(C)(C)C)N=CC2N=C1. The summed E-state index contributed by atoms with van der Waals surface area (Å²) >= 11 is 0. The van der Waals surface area contributed by atoms with Crippen LogP contribution in [0.1, 0.15) is 27.7 Å². The first-order valence-electron chi connectivity index (χ1n) is 5.22. The van der Waals surface area contributed by atoms with Gasteiger partial charge in [0.25, 0.3) is 0 Å². The maximum absolute atomic E-state index is 4.46. The Morgan fingerprint density at radius 3 is 2.67 bits per heavy atom. The molecule has 2 aliphatic heterocycles. The highest BCUT2D eigenvalue weighted by molar-refractivity contribution is 5.82. The molecule has 0 spiro atoms. The molecule has 3 nitrogen and oxygen atoms in total. The van der Waals surface area contributed by atoms with Crippen LogP contribution in [0.25, 0.3) is 0 Å². The fraction of sp³-hybridized carbons (Fsp3) is 0.500. The number of rotatable bonds is 0. The summed E-state index contributed by atoms with van der Waals surface area (Å²) in [5.41, 5.74) is 2.36. The maximum atomic E-state index is 4.46. The molecule has 0 N–H and O–H groups in total. The van der Waals surface area contributed by atoms with E-state index in [1.807, 2.05) is 12.4 Å². The average Bonchev–Trinajstić information content (AvgIpc) is 2.15. The lowest BCUT2D eigenvalue weighted by atomic mass is 9.92. The standard InChI is InChI=1S/C12H17N3/c1-9-5-14-11-6-13-10(12(2,3)4)8-15(11)7-9/h5-8,11H,1-4H3. The largest absolute Gasteiger partial charge is 0.325 e. The third-order valence-electron chi connectivity index (χ3n) is 2.48. The average molecular weight is 203 g/mol. The Morgan fingerprint density at radius 1 is 1.27 bits per heavy atom. The van der Waals surface area contributed by atoms with Crippen LogP contribution in [0.2, 0.25) is 0 Å². The first-order chi connectivity index (χ1) is 6.97. The third kappa shape index (κ3) is 2.01. The van der Waals surface area contributed by atoms with Gasteiger partial charge >= 0.3 is 0 Å². The van der Waals surface area contributed by atoms with Gasteiger partial charge in [-0.05, 0) is 12.5 Å². The zero-order valence-electron chi connectivity index (χ0n) is 9.73. The molecule has 2 aliphatic rings. The second-order valence-electron chi connectivity index (χ2n) is 5.05. The van der Waals surface area contributed by atoms with Crippen LogP contribution < -0.4 is 0 Å². The molecule has 0 radical (unpaired) electrons. The molecule has 0 fully saturated rings. The molecule has 0 aromatic carbocycles. The fourth-order valence-electron chi connectivity index (χ4n) is 1.55. The van der Waals surface area contributed by atoms with Crippen molar-refractivity contribution in [1.29, 1.82) is 0 Å². The van der Waals surface area contributed by atoms with Gasteiger partial charge in [-0.3, -0.25) is 9.98 Å². The summed E-state index contributed by atoms with van der Waals surface area (Å²) in [6.45, 7) is 8.55. The van der Waals surface area contributed by atoms with Crippen LogP contribution in [0.5, 0.6) is 0 Å². The Morgan fingerprint density at radius 2 is 2.00 bits per heavy atom. The van der Waals surface area contributed by atoms with Gasteiger partial charge in [0.2, 0.25) is 0 Å². The zero-order chi connectivity index (χ0) is 11.1. The molecule has 0 aromatic heterocycles. The van der Waals surface area contributed by atoms with Gasteiger partial charge in [0.05, 0.1) is 5.70 Å². The molecule has 15 heavy (non-hydrogen) atoms. The normalized spacial score (nSPS) is 24.8. The van der Waals surface area contributed by atoms with Gasteiger partial charge in [-0.2, -0.15) is 0 Å². The summed E-state index contributed by atoms with van der Waals surface area (Å²) in [6, 6.07) is 0. The summed E-state index contributed by atoms with van der Waals surface area (Å²) in [5.74, 6) is 0. The van der Waals surface area contributed by atoms with Crippen LogP contribution in [0.4, 0.5) is 0 Å². The minimum atomic E-state index is 0.0554. The molecule has 0 saturated carbocycles. The van der Waals surface area contributed by atoms with E-state index < -0.39 is 0 Å². The Kier molecular flexibility index (Phi) is 2.25. The molecular weight excluding hydrogens is 186 g/mol. The third-order valence-corrected chi connectivity index (χ3v) is 2.48. The van der Waals surface area contributed by atoms with Crippen molar-refractivity contribution in [2.45, 2.75) is 33.9 Å². The van der Waals surface area contributed by atoms with Crippen LogP contribution in [-0.2, 0) is 0 Å². The molecule has 0 aromatic rings. The van der Waals surface area contributed by atoms with Crippen molar-refractivity contribution < 1.29 is 0 Å². The molecule has 1 atom stereocenters. The predicted octanol–water partition coefficient (Wildman–Crippen LogP) is 2.57.